The number of nitrogens with one attached hydrogen (secondary N) is 2. The summed E-state index contributed by atoms with van der Waals surface area (Å²) >= 11 is 1.82. The Morgan fingerprint density at radius 1 is 1.36 bits per heavy atom. The predicted molar refractivity (Wildman–Crippen MR) is 87.6 cm³/mol. The van der Waals surface area contributed by atoms with Crippen molar-refractivity contribution in [1.29, 1.82) is 0 Å². The average Bonchev–Trinajstić information content (AvgIpc) is 2.83. The maximum atomic E-state index is 12.4. The Hall–Kier alpha value is -0.630. The molecular weight excluding hydrogens is 313 g/mol. The lowest BCUT2D eigenvalue weighted by Gasteiger charge is -2.19. The van der Waals surface area contributed by atoms with E-state index < -0.39 is 12.7 Å². The standard InChI is InChI=1S/C14H27F3N4S/c1-3-18-13(19-7-4-5-9-22-2)20-12-6-8-21(10-12)11-14(15,16)17/h12H,3-11H2,1-2H3,(H2,18,19,20). The molecule has 1 saturated heterocycles. The second kappa shape index (κ2) is 10.2. The number of thioether (sulfide) groups is 1. The minimum absolute atomic E-state index is 0.0337. The zero-order valence-electron chi connectivity index (χ0n) is 13.4. The van der Waals surface area contributed by atoms with Gasteiger partial charge in [-0.05, 0) is 38.2 Å². The molecule has 0 aromatic carbocycles. The molecule has 0 aliphatic carbocycles. The predicted octanol–water partition coefficient (Wildman–Crippen LogP) is 2.32. The van der Waals surface area contributed by atoms with E-state index in [-0.39, 0.29) is 6.04 Å². The smallest absolute Gasteiger partial charge is 0.357 e. The van der Waals surface area contributed by atoms with E-state index in [0.717, 1.165) is 31.7 Å². The summed E-state index contributed by atoms with van der Waals surface area (Å²) in [5.41, 5.74) is 0. The first kappa shape index (κ1) is 19.4. The second-order valence-corrected chi connectivity index (χ2v) is 6.43. The normalized spacial score (nSPS) is 20.4. The molecule has 0 aromatic rings. The molecule has 0 spiro atoms. The van der Waals surface area contributed by atoms with E-state index in [9.17, 15) is 13.2 Å². The van der Waals surface area contributed by atoms with Gasteiger partial charge in [-0.2, -0.15) is 24.9 Å². The Bertz CT molecular complexity index is 337. The Morgan fingerprint density at radius 3 is 2.77 bits per heavy atom. The van der Waals surface area contributed by atoms with Gasteiger partial charge in [0.1, 0.15) is 0 Å². The van der Waals surface area contributed by atoms with Crippen LogP contribution in [0.1, 0.15) is 26.2 Å². The number of halogens is 3. The molecule has 1 unspecified atom stereocenters. The topological polar surface area (TPSA) is 39.7 Å². The van der Waals surface area contributed by atoms with Crippen molar-refractivity contribution in [2.24, 2.45) is 4.99 Å². The number of rotatable bonds is 8. The molecule has 1 aliphatic rings. The highest BCUT2D eigenvalue weighted by molar-refractivity contribution is 7.98. The number of hydrogen-bond donors (Lipinski definition) is 2. The van der Waals surface area contributed by atoms with Crippen LogP contribution in [-0.4, -0.2) is 67.8 Å². The fourth-order valence-corrected chi connectivity index (χ4v) is 2.90. The summed E-state index contributed by atoms with van der Waals surface area (Å²) in [4.78, 5) is 5.94. The molecule has 2 N–H and O–H groups in total. The number of nitrogens with zero attached hydrogens (tertiary/aromatic N) is 2. The summed E-state index contributed by atoms with van der Waals surface area (Å²) in [6, 6.07) is 0.0337. The summed E-state index contributed by atoms with van der Waals surface area (Å²) in [6.07, 6.45) is 0.842. The van der Waals surface area contributed by atoms with Gasteiger partial charge >= 0.3 is 6.18 Å². The van der Waals surface area contributed by atoms with Crippen molar-refractivity contribution in [1.82, 2.24) is 15.5 Å². The van der Waals surface area contributed by atoms with Crippen LogP contribution in [0.15, 0.2) is 4.99 Å². The van der Waals surface area contributed by atoms with Crippen molar-refractivity contribution in [3.63, 3.8) is 0 Å². The van der Waals surface area contributed by atoms with E-state index in [2.05, 4.69) is 21.9 Å². The molecule has 0 aromatic heterocycles. The maximum absolute atomic E-state index is 12.4. The van der Waals surface area contributed by atoms with Crippen LogP contribution in [0.5, 0.6) is 0 Å². The van der Waals surface area contributed by atoms with Gasteiger partial charge in [-0.25, -0.2) is 0 Å². The monoisotopic (exact) mass is 340 g/mol. The van der Waals surface area contributed by atoms with Gasteiger partial charge in [0.05, 0.1) is 6.54 Å². The highest BCUT2D eigenvalue weighted by atomic mass is 32.2. The van der Waals surface area contributed by atoms with E-state index in [1.165, 1.54) is 4.90 Å². The first-order valence-corrected chi connectivity index (χ1v) is 9.17. The van der Waals surface area contributed by atoms with Gasteiger partial charge in [0, 0.05) is 32.2 Å². The number of hydrogen-bond acceptors (Lipinski definition) is 3. The van der Waals surface area contributed by atoms with Gasteiger partial charge in [0.15, 0.2) is 5.96 Å². The average molecular weight is 340 g/mol. The molecular formula is C14H27F3N4S. The van der Waals surface area contributed by atoms with Gasteiger partial charge < -0.3 is 10.6 Å². The summed E-state index contributed by atoms with van der Waals surface area (Å²) < 4.78 is 37.2. The van der Waals surface area contributed by atoms with Crippen molar-refractivity contribution in [3.05, 3.63) is 0 Å². The van der Waals surface area contributed by atoms with Crippen LogP contribution in [-0.2, 0) is 0 Å². The zero-order valence-corrected chi connectivity index (χ0v) is 14.2. The molecule has 130 valence electrons. The first-order valence-electron chi connectivity index (χ1n) is 7.77. The molecule has 0 bridgehead atoms. The van der Waals surface area contributed by atoms with Gasteiger partial charge in [0.2, 0.25) is 0 Å². The fourth-order valence-electron chi connectivity index (χ4n) is 2.41. The van der Waals surface area contributed by atoms with Crippen LogP contribution in [0.25, 0.3) is 0 Å². The van der Waals surface area contributed by atoms with Crippen LogP contribution in [0.2, 0.25) is 0 Å². The van der Waals surface area contributed by atoms with Gasteiger partial charge in [-0.3, -0.25) is 9.89 Å². The number of likely N-dealkylation sites (tertiary alicyclic amines) is 1. The first-order chi connectivity index (χ1) is 10.4. The maximum Gasteiger partial charge on any atom is 0.401 e. The van der Waals surface area contributed by atoms with Crippen LogP contribution in [0, 0.1) is 0 Å². The summed E-state index contributed by atoms with van der Waals surface area (Å²) in [5, 5.41) is 6.40. The number of alkyl halides is 3. The molecule has 4 nitrogen and oxygen atoms in total. The van der Waals surface area contributed by atoms with E-state index in [1.54, 1.807) is 0 Å². The van der Waals surface area contributed by atoms with Crippen molar-refractivity contribution >= 4 is 17.7 Å². The molecule has 1 heterocycles. The minimum atomic E-state index is -4.12. The molecule has 0 radical (unpaired) electrons. The lowest BCUT2D eigenvalue weighted by atomic mass is 10.3. The highest BCUT2D eigenvalue weighted by Gasteiger charge is 2.34. The number of unbranched alkanes of at least 4 members (excludes halogenated alkanes) is 1. The van der Waals surface area contributed by atoms with Crippen molar-refractivity contribution < 1.29 is 13.2 Å². The minimum Gasteiger partial charge on any atom is -0.357 e. The molecule has 0 saturated carbocycles. The summed E-state index contributed by atoms with van der Waals surface area (Å²) in [6.45, 7) is 3.54. The van der Waals surface area contributed by atoms with Crippen molar-refractivity contribution in [2.45, 2.75) is 38.4 Å². The molecule has 1 aliphatic heterocycles. The SMILES string of the molecule is CCNC(=NCCCCSC)NC1CCN(CC(F)(F)F)C1. The van der Waals surface area contributed by atoms with Gasteiger partial charge in [-0.15, -0.1) is 0 Å². The Labute approximate surface area is 135 Å². The van der Waals surface area contributed by atoms with Crippen LogP contribution >= 0.6 is 11.8 Å². The quantitative estimate of drug-likeness (QED) is 0.404. The third-order valence-corrected chi connectivity index (χ3v) is 4.08. The Morgan fingerprint density at radius 2 is 2.14 bits per heavy atom. The molecule has 0 amide bonds. The second-order valence-electron chi connectivity index (χ2n) is 5.44. The van der Waals surface area contributed by atoms with Crippen molar-refractivity contribution in [2.75, 3.05) is 44.7 Å². The zero-order chi connectivity index (χ0) is 16.4. The van der Waals surface area contributed by atoms with Crippen LogP contribution < -0.4 is 10.6 Å². The fraction of sp³-hybridized carbons (Fsp3) is 0.929. The number of aliphatic imine (C=N–C) groups is 1. The third-order valence-electron chi connectivity index (χ3n) is 3.39. The van der Waals surface area contributed by atoms with Crippen LogP contribution in [0.3, 0.4) is 0 Å². The van der Waals surface area contributed by atoms with Gasteiger partial charge in [-0.1, -0.05) is 0 Å². The summed E-state index contributed by atoms with van der Waals surface area (Å²) in [5.74, 6) is 1.85. The summed E-state index contributed by atoms with van der Waals surface area (Å²) in [7, 11) is 0. The van der Waals surface area contributed by atoms with Crippen molar-refractivity contribution in [3.8, 4) is 0 Å². The van der Waals surface area contributed by atoms with E-state index in [1.807, 2.05) is 18.7 Å². The number of guanidine groups is 1. The lowest BCUT2D eigenvalue weighted by molar-refractivity contribution is -0.143. The molecule has 1 fully saturated rings. The van der Waals surface area contributed by atoms with E-state index in [0.29, 0.717) is 25.5 Å². The van der Waals surface area contributed by atoms with E-state index >= 15 is 0 Å². The molecule has 1 rings (SSSR count). The molecule has 8 heteroatoms. The van der Waals surface area contributed by atoms with Crippen LogP contribution in [0.4, 0.5) is 13.2 Å². The molecule has 22 heavy (non-hydrogen) atoms. The largest absolute Gasteiger partial charge is 0.401 e. The Balaban J connectivity index is 2.35. The third kappa shape index (κ3) is 8.73. The van der Waals surface area contributed by atoms with Gasteiger partial charge in [0.25, 0.3) is 0 Å². The molecule has 1 atom stereocenters. The highest BCUT2D eigenvalue weighted by Crippen LogP contribution is 2.19. The lowest BCUT2D eigenvalue weighted by Crippen LogP contribution is -2.45. The Kier molecular flexibility index (Phi) is 9.00. The van der Waals surface area contributed by atoms with E-state index in [4.69, 9.17) is 0 Å².